The van der Waals surface area contributed by atoms with Crippen LogP contribution < -0.4 is 5.56 Å². The van der Waals surface area contributed by atoms with Crippen molar-refractivity contribution in [3.63, 3.8) is 0 Å². The van der Waals surface area contributed by atoms with E-state index < -0.39 is 5.60 Å². The third kappa shape index (κ3) is 5.37. The Hall–Kier alpha value is -1.83. The summed E-state index contributed by atoms with van der Waals surface area (Å²) >= 11 is 2.30. The third-order valence-corrected chi connectivity index (χ3v) is 5.58. The second kappa shape index (κ2) is 8.68. The SMILES string of the molecule is CC(C)(C)OC(=O)N1CCCC1Cc1ccc(I)cc1Cc1ccc[nH]c1=O. The molecule has 1 aliphatic heterocycles. The molecule has 0 bridgehead atoms. The maximum atomic E-state index is 12.6. The van der Waals surface area contributed by atoms with E-state index in [9.17, 15) is 9.59 Å². The van der Waals surface area contributed by atoms with Gasteiger partial charge in [0.1, 0.15) is 5.60 Å². The number of halogens is 1. The number of nitrogens with one attached hydrogen (secondary N) is 1. The maximum absolute atomic E-state index is 12.6. The van der Waals surface area contributed by atoms with Crippen LogP contribution in [0, 0.1) is 3.57 Å². The van der Waals surface area contributed by atoms with Crippen molar-refractivity contribution in [3.8, 4) is 0 Å². The topological polar surface area (TPSA) is 62.4 Å². The summed E-state index contributed by atoms with van der Waals surface area (Å²) in [6.45, 7) is 6.41. The fourth-order valence-electron chi connectivity index (χ4n) is 3.62. The molecule has 1 unspecified atom stereocenters. The molecule has 1 amide bonds. The number of rotatable bonds is 4. The molecule has 0 saturated carbocycles. The molecule has 5 nitrogen and oxygen atoms in total. The van der Waals surface area contributed by atoms with Crippen molar-refractivity contribution in [2.75, 3.05) is 6.54 Å². The molecule has 0 aliphatic carbocycles. The Morgan fingerprint density at radius 1 is 1.25 bits per heavy atom. The first-order chi connectivity index (χ1) is 13.2. The van der Waals surface area contributed by atoms with Crippen molar-refractivity contribution in [1.82, 2.24) is 9.88 Å². The Labute approximate surface area is 179 Å². The van der Waals surface area contributed by atoms with Crippen molar-refractivity contribution in [2.24, 2.45) is 0 Å². The number of carbonyl (C=O) groups is 1. The molecule has 3 rings (SSSR count). The van der Waals surface area contributed by atoms with Crippen molar-refractivity contribution < 1.29 is 9.53 Å². The summed E-state index contributed by atoms with van der Waals surface area (Å²) in [7, 11) is 0. The van der Waals surface area contributed by atoms with Gasteiger partial charge in [-0.3, -0.25) is 4.79 Å². The molecule has 0 spiro atoms. The van der Waals surface area contributed by atoms with Gasteiger partial charge >= 0.3 is 6.09 Å². The Balaban J connectivity index is 1.81. The minimum absolute atomic E-state index is 0.0523. The van der Waals surface area contributed by atoms with Crippen LogP contribution in [0.4, 0.5) is 4.79 Å². The van der Waals surface area contributed by atoms with Gasteiger partial charge in [-0.2, -0.15) is 0 Å². The lowest BCUT2D eigenvalue weighted by Crippen LogP contribution is -2.40. The van der Waals surface area contributed by atoms with E-state index in [0.29, 0.717) is 6.42 Å². The Bertz CT molecular complexity index is 901. The average Bonchev–Trinajstić information content (AvgIpc) is 3.06. The number of aromatic amines is 1. The Morgan fingerprint density at radius 2 is 2.04 bits per heavy atom. The number of hydrogen-bond donors (Lipinski definition) is 1. The lowest BCUT2D eigenvalue weighted by atomic mass is 9.95. The van der Waals surface area contributed by atoms with Crippen LogP contribution in [-0.4, -0.2) is 34.2 Å². The molecule has 2 aromatic rings. The van der Waals surface area contributed by atoms with Crippen LogP contribution in [0.3, 0.4) is 0 Å². The maximum Gasteiger partial charge on any atom is 0.410 e. The van der Waals surface area contributed by atoms with E-state index >= 15 is 0 Å². The number of hydrogen-bond acceptors (Lipinski definition) is 3. The molecule has 1 N–H and O–H groups in total. The molecule has 1 aromatic carbocycles. The molecule has 2 heterocycles. The predicted octanol–water partition coefficient (Wildman–Crippen LogP) is 4.51. The molecular weight excluding hydrogens is 467 g/mol. The second-order valence-electron chi connectivity index (χ2n) is 8.29. The quantitative estimate of drug-likeness (QED) is 0.637. The highest BCUT2D eigenvalue weighted by molar-refractivity contribution is 14.1. The van der Waals surface area contributed by atoms with Gasteiger partial charge in [0.05, 0.1) is 0 Å². The van der Waals surface area contributed by atoms with Gasteiger partial charge in [-0.25, -0.2) is 4.79 Å². The fraction of sp³-hybridized carbons (Fsp3) is 0.455. The molecule has 0 radical (unpaired) electrons. The third-order valence-electron chi connectivity index (χ3n) is 4.91. The highest BCUT2D eigenvalue weighted by atomic mass is 127. The van der Waals surface area contributed by atoms with Crippen molar-refractivity contribution >= 4 is 28.7 Å². The smallest absolute Gasteiger partial charge is 0.410 e. The van der Waals surface area contributed by atoms with Gasteiger partial charge in [0.25, 0.3) is 5.56 Å². The van der Waals surface area contributed by atoms with E-state index in [4.69, 9.17) is 4.74 Å². The van der Waals surface area contributed by atoms with Gasteiger partial charge in [-0.05, 0) is 92.0 Å². The van der Waals surface area contributed by atoms with Gasteiger partial charge in [-0.15, -0.1) is 0 Å². The number of likely N-dealkylation sites (tertiary alicyclic amines) is 1. The lowest BCUT2D eigenvalue weighted by molar-refractivity contribution is 0.0226. The lowest BCUT2D eigenvalue weighted by Gasteiger charge is -2.29. The van der Waals surface area contributed by atoms with Gasteiger partial charge in [0.15, 0.2) is 0 Å². The summed E-state index contributed by atoms with van der Waals surface area (Å²) in [5.41, 5.74) is 2.53. The molecule has 1 atom stereocenters. The number of carbonyl (C=O) groups excluding carboxylic acids is 1. The van der Waals surface area contributed by atoms with E-state index in [-0.39, 0.29) is 17.7 Å². The van der Waals surface area contributed by atoms with Crippen LogP contribution in [0.15, 0.2) is 41.3 Å². The minimum Gasteiger partial charge on any atom is -0.444 e. The number of nitrogens with zero attached hydrogens (tertiary/aromatic N) is 1. The molecule has 150 valence electrons. The second-order valence-corrected chi connectivity index (χ2v) is 9.53. The van der Waals surface area contributed by atoms with Crippen molar-refractivity contribution in [1.29, 1.82) is 0 Å². The monoisotopic (exact) mass is 494 g/mol. The predicted molar refractivity (Wildman–Crippen MR) is 119 cm³/mol. The number of ether oxygens (including phenoxy) is 1. The van der Waals surface area contributed by atoms with Crippen LogP contribution in [0.5, 0.6) is 0 Å². The Morgan fingerprint density at radius 3 is 2.75 bits per heavy atom. The highest BCUT2D eigenvalue weighted by Gasteiger charge is 2.32. The molecule has 6 heteroatoms. The molecule has 28 heavy (non-hydrogen) atoms. The first-order valence-electron chi connectivity index (χ1n) is 9.66. The van der Waals surface area contributed by atoms with Crippen LogP contribution >= 0.6 is 22.6 Å². The zero-order valence-corrected chi connectivity index (χ0v) is 18.8. The summed E-state index contributed by atoms with van der Waals surface area (Å²) in [4.78, 5) is 29.3. The fourth-order valence-corrected chi connectivity index (χ4v) is 4.18. The van der Waals surface area contributed by atoms with E-state index in [0.717, 1.165) is 40.5 Å². The van der Waals surface area contributed by atoms with Crippen LogP contribution in [0.1, 0.15) is 50.3 Å². The van der Waals surface area contributed by atoms with E-state index in [1.54, 1.807) is 6.20 Å². The normalized spacial score (nSPS) is 17.0. The first-order valence-corrected chi connectivity index (χ1v) is 10.7. The van der Waals surface area contributed by atoms with Crippen LogP contribution in [-0.2, 0) is 17.6 Å². The molecule has 1 aliphatic rings. The van der Waals surface area contributed by atoms with Gasteiger partial charge in [0, 0.05) is 34.3 Å². The summed E-state index contributed by atoms with van der Waals surface area (Å²) < 4.78 is 6.73. The van der Waals surface area contributed by atoms with Gasteiger partial charge in [0.2, 0.25) is 0 Å². The number of amides is 1. The molecule has 1 aromatic heterocycles. The summed E-state index contributed by atoms with van der Waals surface area (Å²) in [6.07, 6.45) is 4.73. The summed E-state index contributed by atoms with van der Waals surface area (Å²) in [5.74, 6) is 0. The summed E-state index contributed by atoms with van der Waals surface area (Å²) in [6, 6.07) is 10.2. The van der Waals surface area contributed by atoms with Crippen LogP contribution in [0.2, 0.25) is 0 Å². The summed E-state index contributed by atoms with van der Waals surface area (Å²) in [5, 5.41) is 0. The van der Waals surface area contributed by atoms with E-state index in [1.165, 1.54) is 5.56 Å². The minimum atomic E-state index is -0.493. The van der Waals surface area contributed by atoms with Gasteiger partial charge < -0.3 is 14.6 Å². The van der Waals surface area contributed by atoms with Crippen molar-refractivity contribution in [3.05, 3.63) is 67.1 Å². The van der Waals surface area contributed by atoms with E-state index in [2.05, 4.69) is 45.8 Å². The zero-order valence-electron chi connectivity index (χ0n) is 16.6. The highest BCUT2D eigenvalue weighted by Crippen LogP contribution is 2.26. The van der Waals surface area contributed by atoms with Crippen molar-refractivity contribution in [2.45, 2.75) is 58.1 Å². The number of H-pyrrole nitrogens is 1. The van der Waals surface area contributed by atoms with E-state index in [1.807, 2.05) is 37.8 Å². The van der Waals surface area contributed by atoms with Crippen LogP contribution in [0.25, 0.3) is 0 Å². The van der Waals surface area contributed by atoms with Gasteiger partial charge in [-0.1, -0.05) is 12.1 Å². The molecular formula is C22H27IN2O3. The standard InChI is InChI=1S/C22H27IN2O3/c1-22(2,3)28-21(27)25-11-5-7-19(25)14-15-8-9-18(23)13-17(15)12-16-6-4-10-24-20(16)26/h4,6,8-10,13,19H,5,7,11-12,14H2,1-3H3,(H,24,26). The molecule has 1 fully saturated rings. The Kier molecular flexibility index (Phi) is 6.47. The molecule has 1 saturated heterocycles. The number of aromatic nitrogens is 1. The zero-order chi connectivity index (χ0) is 20.3. The first kappa shape index (κ1) is 20.9. The average molecular weight is 494 g/mol. The largest absolute Gasteiger partial charge is 0.444 e. The number of pyridine rings is 1. The number of benzene rings is 1.